The molecule has 3 nitrogen and oxygen atoms in total. The van der Waals surface area contributed by atoms with Gasteiger partial charge in [-0.05, 0) is 111 Å². The van der Waals surface area contributed by atoms with Crippen molar-refractivity contribution >= 4 is 82.4 Å². The van der Waals surface area contributed by atoms with Gasteiger partial charge in [0.25, 0.3) is 0 Å². The van der Waals surface area contributed by atoms with Crippen LogP contribution in [0.25, 0.3) is 93.2 Å². The molecule has 0 aliphatic rings. The van der Waals surface area contributed by atoms with Crippen LogP contribution in [0.5, 0.6) is 0 Å². The van der Waals surface area contributed by atoms with Crippen LogP contribution in [0.2, 0.25) is 0 Å². The van der Waals surface area contributed by atoms with Gasteiger partial charge in [0.05, 0.1) is 16.7 Å². The molecule has 0 saturated carbocycles. The molecular weight excluding hydrogens is 717 g/mol. The molecule has 2 aromatic heterocycles. The van der Waals surface area contributed by atoms with Crippen molar-refractivity contribution in [1.29, 1.82) is 0 Å². The van der Waals surface area contributed by atoms with Crippen molar-refractivity contribution in [2.24, 2.45) is 0 Å². The van der Waals surface area contributed by atoms with Crippen LogP contribution in [0.15, 0.2) is 223 Å². The average molecular weight is 753 g/mol. The lowest BCUT2D eigenvalue weighted by molar-refractivity contribution is 0.669. The van der Waals surface area contributed by atoms with Gasteiger partial charge in [0.15, 0.2) is 0 Å². The highest BCUT2D eigenvalue weighted by Gasteiger charge is 2.19. The van der Waals surface area contributed by atoms with Crippen LogP contribution in [0.4, 0.5) is 17.1 Å². The molecule has 0 bridgehead atoms. The van der Waals surface area contributed by atoms with Gasteiger partial charge in [-0.3, -0.25) is 0 Å². The van der Waals surface area contributed by atoms with Crippen molar-refractivity contribution in [2.45, 2.75) is 0 Å². The van der Waals surface area contributed by atoms with Crippen LogP contribution in [0, 0.1) is 0 Å². The Bertz CT molecular complexity index is 3520. The molecule has 0 amide bonds. The first kappa shape index (κ1) is 33.3. The van der Waals surface area contributed by atoms with Crippen LogP contribution in [-0.2, 0) is 0 Å². The summed E-state index contributed by atoms with van der Waals surface area (Å²) in [6.45, 7) is 0. The highest BCUT2D eigenvalue weighted by atomic mass is 16.3. The summed E-state index contributed by atoms with van der Waals surface area (Å²) in [7, 11) is 0. The fourth-order valence-corrected chi connectivity index (χ4v) is 9.21. The molecule has 0 radical (unpaired) electrons. The molecule has 276 valence electrons. The normalized spacial score (nSPS) is 11.7. The molecule has 0 aliphatic heterocycles. The maximum absolute atomic E-state index is 6.32. The van der Waals surface area contributed by atoms with E-state index in [0.29, 0.717) is 0 Å². The quantitative estimate of drug-likeness (QED) is 0.158. The zero-order valence-corrected chi connectivity index (χ0v) is 32.1. The zero-order chi connectivity index (χ0) is 38.9. The maximum Gasteiger partial charge on any atom is 0.136 e. The molecule has 12 aromatic rings. The standard InChI is InChI=1S/C56H36N2O/c1-2-18-45-41(13-1)35-54(47-20-4-3-19-46(45)47)57(43-16-12-15-39(34-43)40-29-32-51-50-23-7-10-26-55(50)59-56(51)36-40)42-30-27-37(28-31-42)38-14-11-17-44(33-38)58-52-24-8-5-21-48(52)49-22-6-9-25-53(49)58/h1-36H. The number of hydrogen-bond donors (Lipinski definition) is 0. The molecule has 12 rings (SSSR count). The summed E-state index contributed by atoms with van der Waals surface area (Å²) >= 11 is 0. The van der Waals surface area contributed by atoms with Crippen LogP contribution in [0.1, 0.15) is 0 Å². The summed E-state index contributed by atoms with van der Waals surface area (Å²) in [5, 5.41) is 9.68. The Hall–Kier alpha value is -7.88. The Morgan fingerprint density at radius 2 is 0.898 bits per heavy atom. The number of aromatic nitrogens is 1. The lowest BCUT2D eigenvalue weighted by Crippen LogP contribution is -2.10. The summed E-state index contributed by atoms with van der Waals surface area (Å²) in [6.07, 6.45) is 0. The second kappa shape index (κ2) is 13.4. The molecule has 0 aliphatic carbocycles. The first-order valence-corrected chi connectivity index (χ1v) is 20.2. The van der Waals surface area contributed by atoms with E-state index in [1.54, 1.807) is 0 Å². The molecule has 0 atom stereocenters. The Labute approximate surface area is 341 Å². The minimum atomic E-state index is 0.893. The van der Waals surface area contributed by atoms with Crippen molar-refractivity contribution in [2.75, 3.05) is 4.90 Å². The third-order valence-corrected chi connectivity index (χ3v) is 11.9. The fraction of sp³-hybridized carbons (Fsp3) is 0. The molecule has 2 heterocycles. The number of rotatable bonds is 6. The van der Waals surface area contributed by atoms with Crippen LogP contribution in [-0.4, -0.2) is 4.57 Å². The zero-order valence-electron chi connectivity index (χ0n) is 32.1. The molecule has 0 N–H and O–H groups in total. The van der Waals surface area contributed by atoms with Crippen LogP contribution in [0.3, 0.4) is 0 Å². The molecule has 59 heavy (non-hydrogen) atoms. The minimum Gasteiger partial charge on any atom is -0.456 e. The lowest BCUT2D eigenvalue weighted by Gasteiger charge is -2.28. The number of furan rings is 1. The van der Waals surface area contributed by atoms with E-state index in [4.69, 9.17) is 4.42 Å². The summed E-state index contributed by atoms with van der Waals surface area (Å²) in [6, 6.07) is 78.8. The predicted molar refractivity (Wildman–Crippen MR) is 249 cm³/mol. The van der Waals surface area contributed by atoms with Gasteiger partial charge in [0.1, 0.15) is 11.2 Å². The van der Waals surface area contributed by atoms with Gasteiger partial charge in [-0.1, -0.05) is 146 Å². The van der Waals surface area contributed by atoms with Gasteiger partial charge in [0.2, 0.25) is 0 Å². The Morgan fingerprint density at radius 1 is 0.322 bits per heavy atom. The SMILES string of the molecule is c1cc(-c2ccc3c(c2)oc2ccccc23)cc(N(c2ccc(-c3cccc(-n4c5ccccc5c5ccccc54)c3)cc2)c2cc3ccccc3c3ccccc23)c1. The van der Waals surface area contributed by atoms with Crippen LogP contribution < -0.4 is 4.90 Å². The van der Waals surface area contributed by atoms with Crippen molar-refractivity contribution < 1.29 is 4.42 Å². The van der Waals surface area contributed by atoms with Gasteiger partial charge in [-0.25, -0.2) is 0 Å². The Balaban J connectivity index is 0.997. The van der Waals surface area contributed by atoms with E-state index in [2.05, 4.69) is 216 Å². The number of nitrogens with zero attached hydrogens (tertiary/aromatic N) is 2. The summed E-state index contributed by atoms with van der Waals surface area (Å²) in [5.74, 6) is 0. The average Bonchev–Trinajstić information content (AvgIpc) is 3.85. The summed E-state index contributed by atoms with van der Waals surface area (Å²) < 4.78 is 8.70. The van der Waals surface area contributed by atoms with Gasteiger partial charge in [-0.2, -0.15) is 0 Å². The molecule has 3 heteroatoms. The summed E-state index contributed by atoms with van der Waals surface area (Å²) in [4.78, 5) is 2.41. The van der Waals surface area contributed by atoms with E-state index in [-0.39, 0.29) is 0 Å². The largest absolute Gasteiger partial charge is 0.456 e. The highest BCUT2D eigenvalue weighted by Crippen LogP contribution is 2.44. The van der Waals surface area contributed by atoms with Gasteiger partial charge >= 0.3 is 0 Å². The number of hydrogen-bond acceptors (Lipinski definition) is 2. The second-order valence-electron chi connectivity index (χ2n) is 15.3. The molecular formula is C56H36N2O. The van der Waals surface area contributed by atoms with E-state index >= 15 is 0 Å². The smallest absolute Gasteiger partial charge is 0.136 e. The minimum absolute atomic E-state index is 0.893. The maximum atomic E-state index is 6.32. The molecule has 0 fully saturated rings. The number of fused-ring (bicyclic) bond motifs is 9. The first-order chi connectivity index (χ1) is 29.2. The van der Waals surface area contributed by atoms with Gasteiger partial charge < -0.3 is 13.9 Å². The van der Waals surface area contributed by atoms with Crippen molar-refractivity contribution in [3.8, 4) is 27.9 Å². The van der Waals surface area contributed by atoms with Crippen molar-refractivity contribution in [3.63, 3.8) is 0 Å². The second-order valence-corrected chi connectivity index (χ2v) is 15.3. The molecule has 0 spiro atoms. The van der Waals surface area contributed by atoms with E-state index in [1.165, 1.54) is 48.9 Å². The van der Waals surface area contributed by atoms with E-state index in [1.807, 2.05) is 12.1 Å². The highest BCUT2D eigenvalue weighted by molar-refractivity contribution is 6.15. The third-order valence-electron chi connectivity index (χ3n) is 11.9. The molecule has 0 unspecified atom stereocenters. The fourth-order valence-electron chi connectivity index (χ4n) is 9.21. The first-order valence-electron chi connectivity index (χ1n) is 20.2. The van der Waals surface area contributed by atoms with Crippen LogP contribution >= 0.6 is 0 Å². The Morgan fingerprint density at radius 3 is 1.68 bits per heavy atom. The van der Waals surface area contributed by atoms with Crippen molar-refractivity contribution in [1.82, 2.24) is 4.57 Å². The number of anilines is 3. The summed E-state index contributed by atoms with van der Waals surface area (Å²) in [5.41, 5.74) is 13.2. The van der Waals surface area contributed by atoms with E-state index < -0.39 is 0 Å². The predicted octanol–water partition coefficient (Wildman–Crippen LogP) is 15.8. The lowest BCUT2D eigenvalue weighted by atomic mass is 9.98. The molecule has 10 aromatic carbocycles. The number of benzene rings is 10. The monoisotopic (exact) mass is 752 g/mol. The van der Waals surface area contributed by atoms with Gasteiger partial charge in [0, 0.05) is 44.0 Å². The van der Waals surface area contributed by atoms with E-state index in [9.17, 15) is 0 Å². The third kappa shape index (κ3) is 5.44. The van der Waals surface area contributed by atoms with Crippen molar-refractivity contribution in [3.05, 3.63) is 218 Å². The Kier molecular flexibility index (Phi) is 7.54. The number of para-hydroxylation sites is 3. The van der Waals surface area contributed by atoms with E-state index in [0.717, 1.165) is 61.4 Å². The topological polar surface area (TPSA) is 21.3 Å². The molecule has 0 saturated heterocycles. The van der Waals surface area contributed by atoms with Gasteiger partial charge in [-0.15, -0.1) is 0 Å².